The van der Waals surface area contributed by atoms with E-state index in [1.54, 1.807) is 43.3 Å². The molecular weight excluding hydrogens is 819 g/mol. The smallest absolute Gasteiger partial charge is 0.373 e. The highest BCUT2D eigenvalue weighted by molar-refractivity contribution is 6.98. The maximum atomic E-state index is 14.2. The van der Waals surface area contributed by atoms with E-state index in [1.165, 1.54) is 21.5 Å². The lowest BCUT2D eigenvalue weighted by molar-refractivity contribution is -0.462. The number of hydrogen-bond donors (Lipinski definition) is 1. The number of ether oxygens (including phenoxy) is 3. The van der Waals surface area contributed by atoms with Gasteiger partial charge in [0, 0.05) is 88.1 Å². The third kappa shape index (κ3) is 13.1. The van der Waals surface area contributed by atoms with Gasteiger partial charge in [-0.2, -0.15) is 9.59 Å². The Kier molecular flexibility index (Phi) is 18.5. The number of nitrogens with zero attached hydrogens (tertiary/aromatic N) is 6. The summed E-state index contributed by atoms with van der Waals surface area (Å²) in [5.74, 6) is 0.116. The molecule has 1 aliphatic heterocycles. The second-order valence-electron chi connectivity index (χ2n) is 16.0. The largest absolute Gasteiger partial charge is 0.491 e. The molecule has 16 heteroatoms. The summed E-state index contributed by atoms with van der Waals surface area (Å²) < 4.78 is 18.2. The van der Waals surface area contributed by atoms with E-state index in [0.29, 0.717) is 62.3 Å². The average molecular weight is 877 g/mol. The zero-order chi connectivity index (χ0) is 46.1. The van der Waals surface area contributed by atoms with Gasteiger partial charge in [-0.1, -0.05) is 48.5 Å². The van der Waals surface area contributed by atoms with Gasteiger partial charge in [-0.05, 0) is 93.5 Å². The number of allylic oxidation sites excluding steroid dienone is 5. The second-order valence-corrected chi connectivity index (χ2v) is 20.3. The molecule has 1 aliphatic carbocycles. The molecule has 1 unspecified atom stereocenters. The van der Waals surface area contributed by atoms with Gasteiger partial charge in [-0.3, -0.25) is 14.4 Å². The first kappa shape index (κ1) is 49.2. The van der Waals surface area contributed by atoms with Gasteiger partial charge >= 0.3 is 6.15 Å². The Hall–Kier alpha value is -6.41. The van der Waals surface area contributed by atoms with Crippen molar-refractivity contribution >= 4 is 54.0 Å². The van der Waals surface area contributed by atoms with Crippen LogP contribution >= 0.6 is 0 Å². The summed E-state index contributed by atoms with van der Waals surface area (Å²) in [6, 6.07) is 21.2. The van der Waals surface area contributed by atoms with E-state index in [4.69, 9.17) is 29.3 Å². The van der Waals surface area contributed by atoms with Gasteiger partial charge in [0.05, 0.1) is 13.2 Å². The van der Waals surface area contributed by atoms with Crippen molar-refractivity contribution < 1.29 is 42.8 Å². The predicted octanol–water partition coefficient (Wildman–Crippen LogP) is 5.96. The van der Waals surface area contributed by atoms with Gasteiger partial charge in [-0.25, -0.2) is 4.58 Å². The van der Waals surface area contributed by atoms with Crippen molar-refractivity contribution in [3.63, 3.8) is 0 Å². The maximum Gasteiger partial charge on any atom is 0.373 e. The van der Waals surface area contributed by atoms with Crippen LogP contribution in [0.3, 0.4) is 0 Å². The number of hydrogen-bond acceptors (Lipinski definition) is 10. The summed E-state index contributed by atoms with van der Waals surface area (Å²) in [7, 11) is 9.45. The van der Waals surface area contributed by atoms with Crippen LogP contribution in [0, 0.1) is 0 Å². The Morgan fingerprint density at radius 1 is 0.937 bits per heavy atom. The summed E-state index contributed by atoms with van der Waals surface area (Å²) in [5, 5.41) is 9.13. The average Bonchev–Trinajstić information content (AvgIpc) is 3.27. The first-order valence-electron chi connectivity index (χ1n) is 20.7. The van der Waals surface area contributed by atoms with E-state index in [2.05, 4.69) is 109 Å². The number of anilines is 1. The van der Waals surface area contributed by atoms with Gasteiger partial charge < -0.3 is 29.3 Å². The highest BCUT2D eigenvalue weighted by Gasteiger charge is 2.41. The van der Waals surface area contributed by atoms with Crippen LogP contribution in [0.25, 0.3) is 16.0 Å². The van der Waals surface area contributed by atoms with Crippen LogP contribution in [-0.4, -0.2) is 128 Å². The van der Waals surface area contributed by atoms with Crippen LogP contribution in [0.2, 0.25) is 13.1 Å². The molecule has 0 fully saturated rings. The molecule has 332 valence electrons. The summed E-state index contributed by atoms with van der Waals surface area (Å²) in [5.41, 5.74) is 16.4. The fraction of sp³-hybridized carbons (Fsp3) is 0.383. The molecular formula is C47H58N7O8Si+. The lowest BCUT2D eigenvalue weighted by atomic mass is 9.87. The molecule has 2 amide bonds. The van der Waals surface area contributed by atoms with Crippen LogP contribution in [0.15, 0.2) is 101 Å². The number of rotatable bonds is 20. The van der Waals surface area contributed by atoms with E-state index >= 15 is 0 Å². The molecule has 0 radical (unpaired) electrons. The topological polar surface area (TPSA) is 183 Å². The Morgan fingerprint density at radius 3 is 2.37 bits per heavy atom. The number of ketones is 1. The molecule has 1 N–H and O–H groups in total. The molecule has 1 atom stereocenters. The molecule has 15 nitrogen and oxygen atoms in total. The van der Waals surface area contributed by atoms with Crippen LogP contribution in [-0.2, 0) is 23.9 Å². The molecule has 3 aromatic carbocycles. The number of fused-ring (bicyclic) bond motifs is 2. The first-order chi connectivity index (χ1) is 30.2. The highest BCUT2D eigenvalue weighted by atomic mass is 28.3. The predicted molar refractivity (Wildman–Crippen MR) is 245 cm³/mol. The lowest BCUT2D eigenvalue weighted by Gasteiger charge is -2.38. The number of azide groups is 1. The fourth-order valence-electron chi connectivity index (χ4n) is 7.43. The number of carbonyl (C=O) groups is 3. The van der Waals surface area contributed by atoms with Gasteiger partial charge in [-0.15, -0.1) is 0 Å². The molecule has 3 aromatic rings. The molecule has 0 spiro atoms. The monoisotopic (exact) mass is 876 g/mol. The van der Waals surface area contributed by atoms with Crippen molar-refractivity contribution in [3.05, 3.63) is 128 Å². The van der Waals surface area contributed by atoms with E-state index in [1.807, 2.05) is 18.2 Å². The van der Waals surface area contributed by atoms with Crippen LogP contribution in [0.5, 0.6) is 5.75 Å². The molecule has 1 heterocycles. The molecule has 0 saturated heterocycles. The third-order valence-corrected chi connectivity index (χ3v) is 14.4. The minimum Gasteiger partial charge on any atom is -0.491 e. The summed E-state index contributed by atoms with van der Waals surface area (Å²) in [6.45, 7) is 6.13. The SMILES string of the molecule is COCCOC(COc1cccc(C(=O)NCCCC(=O)CCCN(C)C(=O)c2ccccc2C2=C3C=CC(=[N+](C)C)C=C3[Si](C)(C)c3cc(N(C)C)ccc32)c1)N=[N+]=[N-].O=C=O. The Balaban J connectivity index is 0.00000282. The summed E-state index contributed by atoms with van der Waals surface area (Å²) >= 11 is 0. The maximum absolute atomic E-state index is 14.2. The minimum atomic E-state index is -2.15. The molecule has 2 aliphatic rings. The quantitative estimate of drug-likeness (QED) is 0.0358. The first-order valence-corrected chi connectivity index (χ1v) is 23.7. The Labute approximate surface area is 370 Å². The number of benzene rings is 3. The van der Waals surface area contributed by atoms with Crippen LogP contribution in [0.4, 0.5) is 5.69 Å². The van der Waals surface area contributed by atoms with Crippen molar-refractivity contribution in [1.29, 1.82) is 0 Å². The highest BCUT2D eigenvalue weighted by Crippen LogP contribution is 2.42. The number of methoxy groups -OCH3 is 1. The number of nitrogens with one attached hydrogen (secondary N) is 1. The van der Waals surface area contributed by atoms with Gasteiger partial charge in [0.15, 0.2) is 11.9 Å². The van der Waals surface area contributed by atoms with E-state index in [-0.39, 0.29) is 37.0 Å². The van der Waals surface area contributed by atoms with E-state index < -0.39 is 14.3 Å². The third-order valence-electron chi connectivity index (χ3n) is 10.8. The zero-order valence-electron chi connectivity index (χ0n) is 37.5. The lowest BCUT2D eigenvalue weighted by Crippen LogP contribution is -2.49. The van der Waals surface area contributed by atoms with Crippen molar-refractivity contribution in [2.75, 3.05) is 80.2 Å². The fourth-order valence-corrected chi connectivity index (χ4v) is 10.5. The van der Waals surface area contributed by atoms with Gasteiger partial charge in [0.25, 0.3) is 11.8 Å². The second kappa shape index (κ2) is 23.7. The normalized spacial score (nSPS) is 13.7. The van der Waals surface area contributed by atoms with E-state index in [0.717, 1.165) is 22.5 Å². The molecule has 0 aromatic heterocycles. The Bertz CT molecular complexity index is 2350. The van der Waals surface area contributed by atoms with Crippen molar-refractivity contribution in [1.82, 2.24) is 10.2 Å². The number of Topliss-reactive ketones (excluding diaryl/α,β-unsaturated/α-hetero) is 1. The van der Waals surface area contributed by atoms with Crippen LogP contribution in [0.1, 0.15) is 57.5 Å². The van der Waals surface area contributed by atoms with Crippen molar-refractivity contribution in [3.8, 4) is 5.75 Å². The zero-order valence-corrected chi connectivity index (χ0v) is 38.5. The van der Waals surface area contributed by atoms with Crippen molar-refractivity contribution in [2.24, 2.45) is 5.11 Å². The molecule has 5 rings (SSSR count). The number of amides is 2. The summed E-state index contributed by atoms with van der Waals surface area (Å²) in [6.07, 6.45) is 7.79. The molecule has 0 saturated carbocycles. The van der Waals surface area contributed by atoms with Gasteiger partial charge in [0.2, 0.25) is 0 Å². The minimum absolute atomic E-state index is 0.0299. The number of carbonyl (C=O) groups excluding carboxylic acids is 5. The van der Waals surface area contributed by atoms with Crippen molar-refractivity contribution in [2.45, 2.75) is 45.0 Å². The summed E-state index contributed by atoms with van der Waals surface area (Å²) in [4.78, 5) is 62.8. The van der Waals surface area contributed by atoms with Gasteiger partial charge in [0.1, 0.15) is 40.3 Å². The van der Waals surface area contributed by atoms with E-state index in [9.17, 15) is 14.4 Å². The Morgan fingerprint density at radius 2 is 1.67 bits per heavy atom. The standard InChI is InChI=1S/C46H57N7O6Si.CO2/c1-51(2)33-20-22-39-41(29-33)60(7,8)42-30-34(52(3)4)21-23-40(42)44(39)37-18-9-10-19-38(37)46(56)53(5)25-13-16-35(54)15-12-24-48-45(55)32-14-11-17-36(28-32)59-31-43(49-50-47)58-27-26-57-6;2-1-3/h9-11,14,17-23,28-30,43H,12-13,15-16,24-27,31H2,1-8H3;/p+1. The molecule has 63 heavy (non-hydrogen) atoms. The van der Waals surface area contributed by atoms with Crippen LogP contribution < -0.4 is 20.1 Å². The molecule has 0 bridgehead atoms.